The van der Waals surface area contributed by atoms with Gasteiger partial charge in [-0.05, 0) is 39.0 Å². The van der Waals surface area contributed by atoms with E-state index in [1.807, 2.05) is 20.8 Å². The summed E-state index contributed by atoms with van der Waals surface area (Å²) in [6.45, 7) is 5.74. The first-order chi connectivity index (χ1) is 6.32. The fourth-order valence-corrected chi connectivity index (χ4v) is 1.43. The highest BCUT2D eigenvalue weighted by atomic mass is 79.9. The van der Waals surface area contributed by atoms with Crippen molar-refractivity contribution in [3.63, 3.8) is 0 Å². The van der Waals surface area contributed by atoms with Gasteiger partial charge < -0.3 is 5.11 Å². The van der Waals surface area contributed by atoms with Gasteiger partial charge in [0.2, 0.25) is 0 Å². The van der Waals surface area contributed by atoms with Crippen LogP contribution in [0.25, 0.3) is 0 Å². The second-order valence-corrected chi connectivity index (χ2v) is 5.30. The third kappa shape index (κ3) is 2.55. The minimum atomic E-state index is -0.648. The van der Waals surface area contributed by atoms with Gasteiger partial charge in [-0.15, -0.1) is 0 Å². The number of halogens is 2. The van der Waals surface area contributed by atoms with Crippen LogP contribution >= 0.6 is 15.9 Å². The van der Waals surface area contributed by atoms with Gasteiger partial charge in [-0.1, -0.05) is 26.8 Å². The Balaban J connectivity index is 3.03. The number of hydrogen-bond acceptors (Lipinski definition) is 1. The zero-order chi connectivity index (χ0) is 10.9. The van der Waals surface area contributed by atoms with Crippen molar-refractivity contribution in [3.05, 3.63) is 34.1 Å². The fourth-order valence-electron chi connectivity index (χ4n) is 1.18. The molecule has 0 aliphatic heterocycles. The Bertz CT molecular complexity index is 331. The van der Waals surface area contributed by atoms with Gasteiger partial charge >= 0.3 is 0 Å². The van der Waals surface area contributed by atoms with Crippen molar-refractivity contribution >= 4 is 15.9 Å². The van der Waals surface area contributed by atoms with Crippen LogP contribution in [-0.2, 0) is 0 Å². The molecule has 0 saturated heterocycles. The summed E-state index contributed by atoms with van der Waals surface area (Å²) in [5.41, 5.74) is 0.332. The molecule has 0 amide bonds. The second-order valence-electron chi connectivity index (χ2n) is 4.44. The molecule has 14 heavy (non-hydrogen) atoms. The first-order valence-electron chi connectivity index (χ1n) is 4.45. The van der Waals surface area contributed by atoms with Crippen LogP contribution in [0.4, 0.5) is 4.39 Å². The molecule has 1 N–H and O–H groups in total. The normalized spacial score (nSPS) is 14.1. The summed E-state index contributed by atoms with van der Waals surface area (Å²) >= 11 is 3.07. The number of aliphatic hydroxyl groups is 1. The lowest BCUT2D eigenvalue weighted by atomic mass is 9.85. The first-order valence-corrected chi connectivity index (χ1v) is 5.24. The fraction of sp³-hybridized carbons (Fsp3) is 0.455. The van der Waals surface area contributed by atoms with E-state index in [1.165, 1.54) is 6.07 Å². The third-order valence-electron chi connectivity index (χ3n) is 2.08. The largest absolute Gasteiger partial charge is 0.388 e. The molecular formula is C11H14BrFO. The van der Waals surface area contributed by atoms with Crippen molar-refractivity contribution in [3.8, 4) is 0 Å². The van der Waals surface area contributed by atoms with Gasteiger partial charge in [0.25, 0.3) is 0 Å². The molecule has 0 bridgehead atoms. The Morgan fingerprint density at radius 1 is 1.36 bits per heavy atom. The van der Waals surface area contributed by atoms with Crippen LogP contribution < -0.4 is 0 Å². The molecule has 1 rings (SSSR count). The van der Waals surface area contributed by atoms with Gasteiger partial charge in [-0.3, -0.25) is 0 Å². The molecule has 0 saturated carbocycles. The third-order valence-corrected chi connectivity index (χ3v) is 2.72. The van der Waals surface area contributed by atoms with Crippen molar-refractivity contribution in [2.45, 2.75) is 26.9 Å². The highest BCUT2D eigenvalue weighted by molar-refractivity contribution is 9.10. The summed E-state index contributed by atoms with van der Waals surface area (Å²) in [7, 11) is 0. The van der Waals surface area contributed by atoms with Crippen LogP contribution in [0, 0.1) is 11.2 Å². The summed E-state index contributed by atoms with van der Waals surface area (Å²) in [5.74, 6) is -0.342. The molecule has 1 nitrogen and oxygen atoms in total. The maximum Gasteiger partial charge on any atom is 0.137 e. The lowest BCUT2D eigenvalue weighted by Gasteiger charge is -2.26. The van der Waals surface area contributed by atoms with E-state index in [9.17, 15) is 9.50 Å². The molecule has 1 atom stereocenters. The molecule has 0 aliphatic rings. The SMILES string of the molecule is CC(C)(C)C(O)c1ccc(Br)c(F)c1. The number of aliphatic hydroxyl groups excluding tert-OH is 1. The van der Waals surface area contributed by atoms with Crippen molar-refractivity contribution in [1.82, 2.24) is 0 Å². The van der Waals surface area contributed by atoms with Crippen LogP contribution in [0.2, 0.25) is 0 Å². The quantitative estimate of drug-likeness (QED) is 0.817. The Hall–Kier alpha value is -0.410. The van der Waals surface area contributed by atoms with Gasteiger partial charge in [0.05, 0.1) is 10.6 Å². The van der Waals surface area contributed by atoms with Crippen LogP contribution in [0.1, 0.15) is 32.4 Å². The van der Waals surface area contributed by atoms with E-state index >= 15 is 0 Å². The predicted octanol–water partition coefficient (Wildman–Crippen LogP) is 3.67. The number of rotatable bonds is 1. The molecule has 0 aliphatic carbocycles. The minimum absolute atomic E-state index is 0.278. The van der Waals surface area contributed by atoms with Gasteiger partial charge in [-0.25, -0.2) is 4.39 Å². The number of benzene rings is 1. The standard InChI is InChI=1S/C11H14BrFO/c1-11(2,3)10(14)7-4-5-8(12)9(13)6-7/h4-6,10,14H,1-3H3. The van der Waals surface area contributed by atoms with Crippen LogP contribution in [-0.4, -0.2) is 5.11 Å². The maximum atomic E-state index is 13.2. The highest BCUT2D eigenvalue weighted by Gasteiger charge is 2.24. The zero-order valence-corrected chi connectivity index (χ0v) is 10.1. The topological polar surface area (TPSA) is 20.2 Å². The molecule has 0 radical (unpaired) electrons. The molecule has 0 aromatic heterocycles. The molecular weight excluding hydrogens is 247 g/mol. The molecule has 0 fully saturated rings. The Labute approximate surface area is 92.1 Å². The lowest BCUT2D eigenvalue weighted by Crippen LogP contribution is -2.17. The van der Waals surface area contributed by atoms with Crippen molar-refractivity contribution < 1.29 is 9.50 Å². The van der Waals surface area contributed by atoms with E-state index in [4.69, 9.17) is 0 Å². The minimum Gasteiger partial charge on any atom is -0.388 e. The second kappa shape index (κ2) is 3.99. The maximum absolute atomic E-state index is 13.2. The van der Waals surface area contributed by atoms with E-state index in [1.54, 1.807) is 12.1 Å². The lowest BCUT2D eigenvalue weighted by molar-refractivity contribution is 0.0624. The number of hydrogen-bond donors (Lipinski definition) is 1. The van der Waals surface area contributed by atoms with E-state index < -0.39 is 6.10 Å². The molecule has 0 spiro atoms. The van der Waals surface area contributed by atoms with Gasteiger partial charge in [0.15, 0.2) is 0 Å². The van der Waals surface area contributed by atoms with Crippen LogP contribution in [0.3, 0.4) is 0 Å². The van der Waals surface area contributed by atoms with E-state index in [2.05, 4.69) is 15.9 Å². The molecule has 3 heteroatoms. The van der Waals surface area contributed by atoms with Gasteiger partial charge in [0.1, 0.15) is 5.82 Å². The smallest absolute Gasteiger partial charge is 0.137 e. The molecule has 78 valence electrons. The summed E-state index contributed by atoms with van der Waals surface area (Å²) in [4.78, 5) is 0. The molecule has 1 aromatic carbocycles. The van der Waals surface area contributed by atoms with Crippen LogP contribution in [0.15, 0.2) is 22.7 Å². The molecule has 1 aromatic rings. The van der Waals surface area contributed by atoms with E-state index in [0.29, 0.717) is 10.0 Å². The zero-order valence-electron chi connectivity index (χ0n) is 8.51. The van der Waals surface area contributed by atoms with Gasteiger partial charge in [0, 0.05) is 0 Å². The van der Waals surface area contributed by atoms with E-state index in [0.717, 1.165) is 0 Å². The highest BCUT2D eigenvalue weighted by Crippen LogP contribution is 2.33. The van der Waals surface area contributed by atoms with E-state index in [-0.39, 0.29) is 11.2 Å². The van der Waals surface area contributed by atoms with Crippen LogP contribution in [0.5, 0.6) is 0 Å². The Kier molecular flexibility index (Phi) is 3.32. The first kappa shape index (κ1) is 11.7. The summed E-state index contributed by atoms with van der Waals surface area (Å²) in [5, 5.41) is 9.89. The predicted molar refractivity (Wildman–Crippen MR) is 58.5 cm³/mol. The Morgan fingerprint density at radius 2 is 1.93 bits per heavy atom. The summed E-state index contributed by atoms with van der Waals surface area (Å²) in [6.07, 6.45) is -0.648. The van der Waals surface area contributed by atoms with Crippen molar-refractivity contribution in [1.29, 1.82) is 0 Å². The molecule has 0 heterocycles. The summed E-state index contributed by atoms with van der Waals surface area (Å²) < 4.78 is 13.6. The summed E-state index contributed by atoms with van der Waals surface area (Å²) in [6, 6.07) is 4.70. The average Bonchev–Trinajstić information content (AvgIpc) is 2.07. The average molecular weight is 261 g/mol. The Morgan fingerprint density at radius 3 is 2.36 bits per heavy atom. The van der Waals surface area contributed by atoms with Crippen molar-refractivity contribution in [2.75, 3.05) is 0 Å². The van der Waals surface area contributed by atoms with Gasteiger partial charge in [-0.2, -0.15) is 0 Å². The monoisotopic (exact) mass is 260 g/mol. The molecule has 1 unspecified atom stereocenters. The van der Waals surface area contributed by atoms with Crippen molar-refractivity contribution in [2.24, 2.45) is 5.41 Å².